The summed E-state index contributed by atoms with van der Waals surface area (Å²) in [5.41, 5.74) is 6.03. The van der Waals surface area contributed by atoms with Crippen molar-refractivity contribution in [3.63, 3.8) is 0 Å². The molecule has 0 atom stereocenters. The molecule has 3 N–H and O–H groups in total. The number of nitrogens with one attached hydrogen (secondary N) is 1. The normalized spacial score (nSPS) is 11.3. The van der Waals surface area contributed by atoms with Gasteiger partial charge in [-0.1, -0.05) is 0 Å². The van der Waals surface area contributed by atoms with E-state index in [-0.39, 0.29) is 10.6 Å². The first-order valence-electron chi connectivity index (χ1n) is 5.54. The molecule has 0 aliphatic rings. The third-order valence-corrected chi connectivity index (χ3v) is 4.31. The van der Waals surface area contributed by atoms with E-state index in [1.165, 1.54) is 31.4 Å². The van der Waals surface area contributed by atoms with E-state index in [1.54, 1.807) is 12.3 Å². The van der Waals surface area contributed by atoms with Gasteiger partial charge in [-0.15, -0.1) is 0 Å². The Kier molecular flexibility index (Phi) is 4.26. The molecule has 106 valence electrons. The molecule has 0 saturated carbocycles. The van der Waals surface area contributed by atoms with E-state index in [2.05, 4.69) is 25.6 Å². The van der Waals surface area contributed by atoms with E-state index in [4.69, 9.17) is 10.5 Å². The minimum absolute atomic E-state index is 0.0808. The van der Waals surface area contributed by atoms with Crippen molar-refractivity contribution in [2.45, 2.75) is 4.90 Å². The number of rotatable bonds is 4. The van der Waals surface area contributed by atoms with Gasteiger partial charge < -0.3 is 10.5 Å². The number of nitrogens with zero attached hydrogens (tertiary/aromatic N) is 1. The molecule has 0 aliphatic carbocycles. The highest BCUT2D eigenvalue weighted by atomic mass is 79.9. The summed E-state index contributed by atoms with van der Waals surface area (Å²) >= 11 is 3.28. The number of nitrogen functional groups attached to an aromatic ring is 1. The third kappa shape index (κ3) is 3.27. The van der Waals surface area contributed by atoms with Crippen LogP contribution in [-0.2, 0) is 10.0 Å². The van der Waals surface area contributed by atoms with Crippen molar-refractivity contribution in [1.29, 1.82) is 0 Å². The molecule has 6 nitrogen and oxygen atoms in total. The largest absolute Gasteiger partial charge is 0.454 e. The van der Waals surface area contributed by atoms with Gasteiger partial charge in [0.25, 0.3) is 0 Å². The van der Waals surface area contributed by atoms with Crippen LogP contribution in [0.1, 0.15) is 0 Å². The maximum atomic E-state index is 11.6. The number of anilines is 1. The number of hydrogen-bond acceptors (Lipinski definition) is 5. The molecular formula is C12H12BrN3O3S. The SMILES string of the molecule is CNS(=O)(=O)c1ccc(Oc2cncc(Br)c2)c(N)c1. The molecular weight excluding hydrogens is 346 g/mol. The fourth-order valence-electron chi connectivity index (χ4n) is 1.48. The van der Waals surface area contributed by atoms with Crippen LogP contribution in [0.5, 0.6) is 11.5 Å². The van der Waals surface area contributed by atoms with E-state index in [9.17, 15) is 8.42 Å². The minimum Gasteiger partial charge on any atom is -0.454 e. The van der Waals surface area contributed by atoms with Crippen LogP contribution in [0.3, 0.4) is 0 Å². The average molecular weight is 358 g/mol. The summed E-state index contributed by atoms with van der Waals surface area (Å²) in [7, 11) is -2.19. The van der Waals surface area contributed by atoms with Gasteiger partial charge in [-0.25, -0.2) is 13.1 Å². The van der Waals surface area contributed by atoms with E-state index in [0.29, 0.717) is 11.5 Å². The molecule has 0 amide bonds. The predicted molar refractivity (Wildman–Crippen MR) is 79.1 cm³/mol. The van der Waals surface area contributed by atoms with Crippen LogP contribution in [0.4, 0.5) is 5.69 Å². The Morgan fingerprint density at radius 2 is 2.05 bits per heavy atom. The van der Waals surface area contributed by atoms with Gasteiger partial charge in [-0.3, -0.25) is 4.98 Å². The summed E-state index contributed by atoms with van der Waals surface area (Å²) in [5, 5.41) is 0. The second-order valence-corrected chi connectivity index (χ2v) is 6.65. The molecule has 0 aliphatic heterocycles. The van der Waals surface area contributed by atoms with Gasteiger partial charge in [0.1, 0.15) is 11.5 Å². The number of pyridine rings is 1. The molecule has 0 radical (unpaired) electrons. The number of sulfonamides is 1. The van der Waals surface area contributed by atoms with Gasteiger partial charge in [-0.2, -0.15) is 0 Å². The number of hydrogen-bond donors (Lipinski definition) is 2. The monoisotopic (exact) mass is 357 g/mol. The van der Waals surface area contributed by atoms with Crippen molar-refractivity contribution >= 4 is 31.6 Å². The van der Waals surface area contributed by atoms with Gasteiger partial charge in [0, 0.05) is 10.7 Å². The Bertz CT molecular complexity index is 734. The second-order valence-electron chi connectivity index (χ2n) is 3.85. The maximum Gasteiger partial charge on any atom is 0.240 e. The number of aromatic nitrogens is 1. The lowest BCUT2D eigenvalue weighted by Gasteiger charge is -2.10. The number of ether oxygens (including phenoxy) is 1. The highest BCUT2D eigenvalue weighted by Gasteiger charge is 2.13. The molecule has 20 heavy (non-hydrogen) atoms. The van der Waals surface area contributed by atoms with Gasteiger partial charge in [0.05, 0.1) is 16.8 Å². The van der Waals surface area contributed by atoms with E-state index < -0.39 is 10.0 Å². The zero-order valence-corrected chi connectivity index (χ0v) is 12.9. The summed E-state index contributed by atoms with van der Waals surface area (Å²) in [4.78, 5) is 4.04. The summed E-state index contributed by atoms with van der Waals surface area (Å²) in [6.07, 6.45) is 3.15. The lowest BCUT2D eigenvalue weighted by molar-refractivity contribution is 0.482. The minimum atomic E-state index is -3.52. The van der Waals surface area contributed by atoms with E-state index in [1.807, 2.05) is 0 Å². The molecule has 0 fully saturated rings. The Balaban J connectivity index is 2.31. The molecule has 8 heteroatoms. The van der Waals surface area contributed by atoms with Crippen molar-refractivity contribution in [2.24, 2.45) is 0 Å². The van der Waals surface area contributed by atoms with Gasteiger partial charge in [0.15, 0.2) is 0 Å². The summed E-state index contributed by atoms with van der Waals surface area (Å²) in [6, 6.07) is 5.99. The van der Waals surface area contributed by atoms with Crippen LogP contribution in [0, 0.1) is 0 Å². The fraction of sp³-hybridized carbons (Fsp3) is 0.0833. The smallest absolute Gasteiger partial charge is 0.240 e. The van der Waals surface area contributed by atoms with E-state index in [0.717, 1.165) is 4.47 Å². The molecule has 0 spiro atoms. The van der Waals surface area contributed by atoms with Crippen LogP contribution >= 0.6 is 15.9 Å². The predicted octanol–water partition coefficient (Wildman–Crippen LogP) is 2.13. The lowest BCUT2D eigenvalue weighted by atomic mass is 10.3. The average Bonchev–Trinajstić information content (AvgIpc) is 2.41. The molecule has 2 rings (SSSR count). The Morgan fingerprint density at radius 1 is 1.30 bits per heavy atom. The molecule has 1 aromatic heterocycles. The van der Waals surface area contributed by atoms with Gasteiger partial charge in [0.2, 0.25) is 10.0 Å². The molecule has 1 aromatic carbocycles. The zero-order valence-electron chi connectivity index (χ0n) is 10.5. The topological polar surface area (TPSA) is 94.3 Å². The highest BCUT2D eigenvalue weighted by Crippen LogP contribution is 2.30. The Morgan fingerprint density at radius 3 is 2.65 bits per heavy atom. The van der Waals surface area contributed by atoms with Crippen LogP contribution in [0.15, 0.2) is 46.0 Å². The summed E-state index contributed by atoms with van der Waals surface area (Å²) in [6.45, 7) is 0. The van der Waals surface area contributed by atoms with Gasteiger partial charge >= 0.3 is 0 Å². The van der Waals surface area contributed by atoms with Crippen molar-refractivity contribution < 1.29 is 13.2 Å². The third-order valence-electron chi connectivity index (χ3n) is 2.47. The van der Waals surface area contributed by atoms with E-state index >= 15 is 0 Å². The second kappa shape index (κ2) is 5.78. The fourth-order valence-corrected chi connectivity index (χ4v) is 2.59. The zero-order chi connectivity index (χ0) is 14.8. The molecule has 0 saturated heterocycles. The molecule has 1 heterocycles. The van der Waals surface area contributed by atoms with Crippen LogP contribution < -0.4 is 15.2 Å². The number of nitrogens with two attached hydrogens (primary N) is 1. The molecule has 0 bridgehead atoms. The lowest BCUT2D eigenvalue weighted by Crippen LogP contribution is -2.18. The van der Waals surface area contributed by atoms with Crippen molar-refractivity contribution in [3.8, 4) is 11.5 Å². The van der Waals surface area contributed by atoms with Crippen LogP contribution in [-0.4, -0.2) is 20.4 Å². The van der Waals surface area contributed by atoms with Crippen LogP contribution in [0.2, 0.25) is 0 Å². The first kappa shape index (κ1) is 14.8. The number of halogens is 1. The van der Waals surface area contributed by atoms with Crippen molar-refractivity contribution in [2.75, 3.05) is 12.8 Å². The molecule has 0 unspecified atom stereocenters. The standard InChI is InChI=1S/C12H12BrN3O3S/c1-15-20(17,18)10-2-3-12(11(14)5-10)19-9-4-8(13)6-16-7-9/h2-7,15H,14H2,1H3. The summed E-state index contributed by atoms with van der Waals surface area (Å²) < 4.78 is 31.8. The van der Waals surface area contributed by atoms with Crippen molar-refractivity contribution in [3.05, 3.63) is 41.1 Å². The first-order valence-corrected chi connectivity index (χ1v) is 7.81. The maximum absolute atomic E-state index is 11.6. The number of benzene rings is 1. The molecule has 2 aromatic rings. The van der Waals surface area contributed by atoms with Gasteiger partial charge in [-0.05, 0) is 47.2 Å². The van der Waals surface area contributed by atoms with Crippen LogP contribution in [0.25, 0.3) is 0 Å². The Labute approximate surface area is 125 Å². The highest BCUT2D eigenvalue weighted by molar-refractivity contribution is 9.10. The van der Waals surface area contributed by atoms with Crippen molar-refractivity contribution in [1.82, 2.24) is 9.71 Å². The Hall–Kier alpha value is -1.64. The first-order chi connectivity index (χ1) is 9.42. The summed E-state index contributed by atoms with van der Waals surface area (Å²) in [5.74, 6) is 0.857. The quantitative estimate of drug-likeness (QED) is 0.817.